The van der Waals surface area contributed by atoms with Crippen LogP contribution in [0, 0.1) is 5.92 Å². The Labute approximate surface area is 121 Å². The molecule has 1 aromatic carbocycles. The summed E-state index contributed by atoms with van der Waals surface area (Å²) >= 11 is 0. The summed E-state index contributed by atoms with van der Waals surface area (Å²) < 4.78 is 0. The Morgan fingerprint density at radius 2 is 1.95 bits per heavy atom. The Hall–Kier alpha value is -1.55. The lowest BCUT2D eigenvalue weighted by Gasteiger charge is -2.21. The largest absolute Gasteiger partial charge is 0.327 e. The van der Waals surface area contributed by atoms with Crippen LogP contribution in [0.2, 0.25) is 0 Å². The number of nitrogens with two attached hydrogens (primary N) is 1. The molecular formula is C16H25N3O. The molecule has 1 aromatic rings. The zero-order valence-electron chi connectivity index (χ0n) is 12.4. The molecule has 1 aliphatic rings. The van der Waals surface area contributed by atoms with E-state index < -0.39 is 0 Å². The van der Waals surface area contributed by atoms with Crippen molar-refractivity contribution in [3.05, 3.63) is 29.8 Å². The second-order valence-corrected chi connectivity index (χ2v) is 5.87. The van der Waals surface area contributed by atoms with Gasteiger partial charge < -0.3 is 16.0 Å². The number of carbonyl (C=O) groups is 1. The second-order valence-electron chi connectivity index (χ2n) is 5.87. The molecule has 1 saturated carbocycles. The van der Waals surface area contributed by atoms with Gasteiger partial charge in [-0.05, 0) is 43.4 Å². The van der Waals surface area contributed by atoms with Crippen LogP contribution in [0.1, 0.15) is 44.2 Å². The van der Waals surface area contributed by atoms with Crippen LogP contribution < -0.4 is 11.1 Å². The molecule has 4 nitrogen and oxygen atoms in total. The highest BCUT2D eigenvalue weighted by atomic mass is 16.2. The van der Waals surface area contributed by atoms with E-state index in [1.807, 2.05) is 38.2 Å². The third-order valence-electron chi connectivity index (χ3n) is 4.04. The van der Waals surface area contributed by atoms with Gasteiger partial charge in [0.2, 0.25) is 0 Å². The number of rotatable bonds is 4. The maximum absolute atomic E-state index is 12.1. The van der Waals surface area contributed by atoms with Crippen molar-refractivity contribution in [2.75, 3.05) is 18.9 Å². The van der Waals surface area contributed by atoms with Crippen LogP contribution in [-0.2, 0) is 0 Å². The molecule has 1 aliphatic carbocycles. The standard InChI is InChI=1S/C16H25N3O/c1-12(17)14-7-9-15(10-8-14)18-16(20)19(2)11-13-5-3-4-6-13/h7-10,12-13H,3-6,11,17H2,1-2H3,(H,18,20). The summed E-state index contributed by atoms with van der Waals surface area (Å²) in [6, 6.07) is 7.70. The predicted molar refractivity (Wildman–Crippen MR) is 82.7 cm³/mol. The number of nitrogens with zero attached hydrogens (tertiary/aromatic N) is 1. The summed E-state index contributed by atoms with van der Waals surface area (Å²) in [5.74, 6) is 0.672. The minimum absolute atomic E-state index is 0.0183. The van der Waals surface area contributed by atoms with Crippen molar-refractivity contribution in [2.24, 2.45) is 11.7 Å². The van der Waals surface area contributed by atoms with E-state index in [0.717, 1.165) is 17.8 Å². The fraction of sp³-hybridized carbons (Fsp3) is 0.562. The third kappa shape index (κ3) is 3.97. The van der Waals surface area contributed by atoms with Crippen molar-refractivity contribution in [3.63, 3.8) is 0 Å². The molecule has 2 amide bonds. The lowest BCUT2D eigenvalue weighted by molar-refractivity contribution is 0.214. The highest BCUT2D eigenvalue weighted by molar-refractivity contribution is 5.89. The van der Waals surface area contributed by atoms with Crippen molar-refractivity contribution >= 4 is 11.7 Å². The lowest BCUT2D eigenvalue weighted by Crippen LogP contribution is -2.34. The molecule has 0 aromatic heterocycles. The first kappa shape index (κ1) is 14.9. The van der Waals surface area contributed by atoms with E-state index in [1.165, 1.54) is 25.7 Å². The predicted octanol–water partition coefficient (Wildman–Crippen LogP) is 3.36. The van der Waals surface area contributed by atoms with Gasteiger partial charge in [0.15, 0.2) is 0 Å². The normalized spacial score (nSPS) is 16.9. The van der Waals surface area contributed by atoms with E-state index in [1.54, 1.807) is 4.90 Å². The maximum Gasteiger partial charge on any atom is 0.321 e. The van der Waals surface area contributed by atoms with Crippen molar-refractivity contribution in [1.29, 1.82) is 0 Å². The van der Waals surface area contributed by atoms with E-state index >= 15 is 0 Å². The summed E-state index contributed by atoms with van der Waals surface area (Å²) in [6.45, 7) is 2.80. The molecule has 0 heterocycles. The van der Waals surface area contributed by atoms with Gasteiger partial charge in [-0.1, -0.05) is 25.0 Å². The Kier molecular flexibility index (Phi) is 5.01. The van der Waals surface area contributed by atoms with Crippen LogP contribution in [0.25, 0.3) is 0 Å². The number of anilines is 1. The molecule has 0 saturated heterocycles. The molecule has 110 valence electrons. The zero-order chi connectivity index (χ0) is 14.5. The average Bonchev–Trinajstić information content (AvgIpc) is 2.92. The first-order valence-electron chi connectivity index (χ1n) is 7.44. The van der Waals surface area contributed by atoms with Gasteiger partial charge in [-0.25, -0.2) is 4.79 Å². The lowest BCUT2D eigenvalue weighted by atomic mass is 10.1. The molecule has 0 aliphatic heterocycles. The number of hydrogen-bond acceptors (Lipinski definition) is 2. The molecular weight excluding hydrogens is 250 g/mol. The fourth-order valence-corrected chi connectivity index (χ4v) is 2.75. The molecule has 1 unspecified atom stereocenters. The summed E-state index contributed by atoms with van der Waals surface area (Å²) in [6.07, 6.45) is 5.11. The molecule has 0 bridgehead atoms. The molecule has 1 atom stereocenters. The van der Waals surface area contributed by atoms with E-state index in [4.69, 9.17) is 5.73 Å². The molecule has 20 heavy (non-hydrogen) atoms. The minimum atomic E-state index is -0.0366. The number of amides is 2. The summed E-state index contributed by atoms with van der Waals surface area (Å²) in [5, 5.41) is 2.93. The first-order chi connectivity index (χ1) is 9.56. The Morgan fingerprint density at radius 1 is 1.35 bits per heavy atom. The number of urea groups is 1. The van der Waals surface area contributed by atoms with Gasteiger partial charge in [0, 0.05) is 25.3 Å². The third-order valence-corrected chi connectivity index (χ3v) is 4.04. The molecule has 1 fully saturated rings. The monoisotopic (exact) mass is 275 g/mol. The zero-order valence-corrected chi connectivity index (χ0v) is 12.4. The van der Waals surface area contributed by atoms with Crippen molar-refractivity contribution in [3.8, 4) is 0 Å². The van der Waals surface area contributed by atoms with Gasteiger partial charge in [-0.2, -0.15) is 0 Å². The van der Waals surface area contributed by atoms with E-state index in [2.05, 4.69) is 5.32 Å². The SMILES string of the molecule is CC(N)c1ccc(NC(=O)N(C)CC2CCCC2)cc1. The van der Waals surface area contributed by atoms with Crippen LogP contribution in [0.4, 0.5) is 10.5 Å². The summed E-state index contributed by atoms with van der Waals surface area (Å²) in [5.41, 5.74) is 7.70. The average molecular weight is 275 g/mol. The van der Waals surface area contributed by atoms with Crippen molar-refractivity contribution in [2.45, 2.75) is 38.6 Å². The van der Waals surface area contributed by atoms with Crippen LogP contribution in [0.3, 0.4) is 0 Å². The van der Waals surface area contributed by atoms with Crippen molar-refractivity contribution < 1.29 is 4.79 Å². The summed E-state index contributed by atoms with van der Waals surface area (Å²) in [4.78, 5) is 13.9. The Morgan fingerprint density at radius 3 is 2.50 bits per heavy atom. The number of benzene rings is 1. The topological polar surface area (TPSA) is 58.4 Å². The van der Waals surface area contributed by atoms with Gasteiger partial charge in [0.1, 0.15) is 0 Å². The minimum Gasteiger partial charge on any atom is -0.327 e. The molecule has 3 N–H and O–H groups in total. The number of nitrogens with one attached hydrogen (secondary N) is 1. The number of carbonyl (C=O) groups excluding carboxylic acids is 1. The highest BCUT2D eigenvalue weighted by Gasteiger charge is 2.19. The maximum atomic E-state index is 12.1. The summed E-state index contributed by atoms with van der Waals surface area (Å²) in [7, 11) is 1.87. The second kappa shape index (κ2) is 6.75. The van der Waals surface area contributed by atoms with Gasteiger partial charge in [0.25, 0.3) is 0 Å². The van der Waals surface area contributed by atoms with Gasteiger partial charge >= 0.3 is 6.03 Å². The smallest absolute Gasteiger partial charge is 0.321 e. The van der Waals surface area contributed by atoms with Crippen LogP contribution in [0.5, 0.6) is 0 Å². The number of hydrogen-bond donors (Lipinski definition) is 2. The van der Waals surface area contributed by atoms with Gasteiger partial charge in [-0.15, -0.1) is 0 Å². The Balaban J connectivity index is 1.86. The molecule has 0 spiro atoms. The van der Waals surface area contributed by atoms with Crippen molar-refractivity contribution in [1.82, 2.24) is 4.90 Å². The highest BCUT2D eigenvalue weighted by Crippen LogP contribution is 2.25. The first-order valence-corrected chi connectivity index (χ1v) is 7.44. The molecule has 2 rings (SSSR count). The van der Waals surface area contributed by atoms with Crippen LogP contribution in [0.15, 0.2) is 24.3 Å². The van der Waals surface area contributed by atoms with E-state index in [0.29, 0.717) is 5.92 Å². The Bertz CT molecular complexity index is 436. The van der Waals surface area contributed by atoms with E-state index in [9.17, 15) is 4.79 Å². The molecule has 0 radical (unpaired) electrons. The molecule has 4 heteroatoms. The van der Waals surface area contributed by atoms with Gasteiger partial charge in [0.05, 0.1) is 0 Å². The van der Waals surface area contributed by atoms with Gasteiger partial charge in [-0.3, -0.25) is 0 Å². The van der Waals surface area contributed by atoms with Crippen LogP contribution in [-0.4, -0.2) is 24.5 Å². The van der Waals surface area contributed by atoms with Crippen LogP contribution >= 0.6 is 0 Å². The fourth-order valence-electron chi connectivity index (χ4n) is 2.75. The quantitative estimate of drug-likeness (QED) is 0.885. The van der Waals surface area contributed by atoms with E-state index in [-0.39, 0.29) is 12.1 Å².